The Kier molecular flexibility index (Phi) is 13.7. The van der Waals surface area contributed by atoms with Crippen LogP contribution < -0.4 is 0 Å². The Hall–Kier alpha value is -0.0800. The number of hydrazine groups is 1. The lowest BCUT2D eigenvalue weighted by Gasteiger charge is -2.47. The summed E-state index contributed by atoms with van der Waals surface area (Å²) in [6.45, 7) is 12.2. The molecule has 1 saturated carbocycles. The summed E-state index contributed by atoms with van der Waals surface area (Å²) >= 11 is 0. The molecule has 178 valence electrons. The first-order valence-electron chi connectivity index (χ1n) is 14.1. The zero-order chi connectivity index (χ0) is 21.6. The average molecular weight is 421 g/mol. The normalized spacial score (nSPS) is 24.0. The quantitative estimate of drug-likeness (QED) is 0.309. The van der Waals surface area contributed by atoms with Crippen LogP contribution in [0.1, 0.15) is 143 Å². The smallest absolute Gasteiger partial charge is 0.0246 e. The van der Waals surface area contributed by atoms with Gasteiger partial charge in [-0.1, -0.05) is 105 Å². The van der Waals surface area contributed by atoms with Crippen LogP contribution in [-0.2, 0) is 0 Å². The molecule has 30 heavy (non-hydrogen) atoms. The molecule has 1 aliphatic carbocycles. The van der Waals surface area contributed by atoms with Crippen LogP contribution in [0.4, 0.5) is 0 Å². The molecule has 2 nitrogen and oxygen atoms in total. The Labute approximate surface area is 190 Å². The Morgan fingerprint density at radius 3 is 1.87 bits per heavy atom. The van der Waals surface area contributed by atoms with Gasteiger partial charge in [0.15, 0.2) is 0 Å². The van der Waals surface area contributed by atoms with Gasteiger partial charge < -0.3 is 0 Å². The molecule has 2 rings (SSSR count). The molecule has 1 atom stereocenters. The van der Waals surface area contributed by atoms with E-state index in [0.29, 0.717) is 0 Å². The van der Waals surface area contributed by atoms with Crippen molar-refractivity contribution in [2.24, 2.45) is 11.8 Å². The fraction of sp³-hybridized carbons (Fsp3) is 1.00. The van der Waals surface area contributed by atoms with Crippen molar-refractivity contribution in [1.29, 1.82) is 0 Å². The third-order valence-electron chi connectivity index (χ3n) is 7.66. The zero-order valence-electron chi connectivity index (χ0n) is 21.3. The van der Waals surface area contributed by atoms with Gasteiger partial charge in [-0.15, -0.1) is 0 Å². The summed E-state index contributed by atoms with van der Waals surface area (Å²) in [5.41, 5.74) is 0. The van der Waals surface area contributed by atoms with Crippen LogP contribution in [0.3, 0.4) is 0 Å². The largest absolute Gasteiger partial charge is 0.238 e. The number of rotatable bonds is 11. The maximum atomic E-state index is 2.96. The fourth-order valence-electron chi connectivity index (χ4n) is 5.81. The van der Waals surface area contributed by atoms with Crippen molar-refractivity contribution in [1.82, 2.24) is 10.0 Å². The van der Waals surface area contributed by atoms with Crippen molar-refractivity contribution in [3.8, 4) is 0 Å². The van der Waals surface area contributed by atoms with E-state index in [1.54, 1.807) is 0 Å². The predicted octanol–water partition coefficient (Wildman–Crippen LogP) is 8.60. The summed E-state index contributed by atoms with van der Waals surface area (Å²) in [5, 5.41) is 5.91. The molecule has 1 heterocycles. The molecule has 1 aliphatic heterocycles. The molecule has 1 unspecified atom stereocenters. The second-order valence-corrected chi connectivity index (χ2v) is 11.4. The Morgan fingerprint density at radius 1 is 0.633 bits per heavy atom. The number of unbranched alkanes of at least 4 members (excludes halogenated alkanes) is 2. The Balaban J connectivity index is 2.04. The molecule has 0 radical (unpaired) electrons. The molecule has 0 aromatic rings. The van der Waals surface area contributed by atoms with Gasteiger partial charge in [0.25, 0.3) is 0 Å². The summed E-state index contributed by atoms with van der Waals surface area (Å²) in [7, 11) is 0. The Bertz CT molecular complexity index is 397. The Morgan fingerprint density at radius 2 is 1.20 bits per heavy atom. The minimum absolute atomic E-state index is 0.807. The van der Waals surface area contributed by atoms with Crippen LogP contribution in [0.25, 0.3) is 0 Å². The van der Waals surface area contributed by atoms with Gasteiger partial charge >= 0.3 is 0 Å². The monoisotopic (exact) mass is 420 g/mol. The van der Waals surface area contributed by atoms with Crippen molar-refractivity contribution in [3.05, 3.63) is 0 Å². The van der Waals surface area contributed by atoms with E-state index in [1.807, 2.05) is 0 Å². The van der Waals surface area contributed by atoms with E-state index < -0.39 is 0 Å². The second-order valence-electron chi connectivity index (χ2n) is 11.4. The highest BCUT2D eigenvalue weighted by Crippen LogP contribution is 2.29. The van der Waals surface area contributed by atoms with Crippen LogP contribution in [-0.4, -0.2) is 35.2 Å². The molecular formula is C28H56N2. The van der Waals surface area contributed by atoms with Gasteiger partial charge in [-0.3, -0.25) is 0 Å². The van der Waals surface area contributed by atoms with Crippen LogP contribution in [0.2, 0.25) is 0 Å². The number of hydrogen-bond donors (Lipinski definition) is 0. The molecule has 2 aliphatic rings. The van der Waals surface area contributed by atoms with Crippen LogP contribution in [0.5, 0.6) is 0 Å². The number of hydrogen-bond acceptors (Lipinski definition) is 2. The van der Waals surface area contributed by atoms with E-state index in [0.717, 1.165) is 23.9 Å². The van der Waals surface area contributed by atoms with Gasteiger partial charge in [0.2, 0.25) is 0 Å². The molecule has 0 bridgehead atoms. The van der Waals surface area contributed by atoms with E-state index in [9.17, 15) is 0 Å². The molecule has 0 aromatic heterocycles. The average Bonchev–Trinajstić information content (AvgIpc) is 2.65. The van der Waals surface area contributed by atoms with Gasteiger partial charge in [-0.05, 0) is 50.4 Å². The molecular weight excluding hydrogens is 364 g/mol. The summed E-state index contributed by atoms with van der Waals surface area (Å²) < 4.78 is 0. The topological polar surface area (TPSA) is 6.48 Å². The first-order valence-corrected chi connectivity index (χ1v) is 14.1. The van der Waals surface area contributed by atoms with Crippen molar-refractivity contribution in [2.75, 3.05) is 13.1 Å². The second kappa shape index (κ2) is 15.7. The lowest BCUT2D eigenvalue weighted by molar-refractivity contribution is -0.109. The van der Waals surface area contributed by atoms with Crippen molar-refractivity contribution >= 4 is 0 Å². The van der Waals surface area contributed by atoms with Crippen molar-refractivity contribution in [2.45, 2.75) is 155 Å². The molecule has 2 fully saturated rings. The standard InChI is InChI=1S/C28H56N2/c1-25(2)17-12-13-22-28-21-11-8-15-23-29(27-19-9-6-5-7-10-20-27)30(28)24-16-14-18-26(3)4/h25-28H,5-24H2,1-4H3. The maximum Gasteiger partial charge on any atom is 0.0246 e. The predicted molar refractivity (Wildman–Crippen MR) is 134 cm³/mol. The van der Waals surface area contributed by atoms with Gasteiger partial charge in [0.1, 0.15) is 0 Å². The summed E-state index contributed by atoms with van der Waals surface area (Å²) in [5.74, 6) is 1.71. The molecule has 0 N–H and O–H groups in total. The van der Waals surface area contributed by atoms with Gasteiger partial charge in [0.05, 0.1) is 0 Å². The minimum Gasteiger partial charge on any atom is -0.238 e. The van der Waals surface area contributed by atoms with Gasteiger partial charge in [0, 0.05) is 25.2 Å². The summed E-state index contributed by atoms with van der Waals surface area (Å²) in [6.07, 6.45) is 25.9. The first kappa shape index (κ1) is 26.2. The third-order valence-corrected chi connectivity index (χ3v) is 7.66. The minimum atomic E-state index is 0.807. The lowest BCUT2D eigenvalue weighted by atomic mass is 9.94. The molecule has 0 aromatic carbocycles. The van der Waals surface area contributed by atoms with Crippen LogP contribution >= 0.6 is 0 Å². The summed E-state index contributed by atoms with van der Waals surface area (Å²) in [4.78, 5) is 0. The highest BCUT2D eigenvalue weighted by Gasteiger charge is 2.30. The highest BCUT2D eigenvalue weighted by molar-refractivity contribution is 4.80. The number of nitrogens with zero attached hydrogens (tertiary/aromatic N) is 2. The van der Waals surface area contributed by atoms with Crippen molar-refractivity contribution in [3.63, 3.8) is 0 Å². The fourth-order valence-corrected chi connectivity index (χ4v) is 5.81. The highest BCUT2D eigenvalue weighted by atomic mass is 15.6. The van der Waals surface area contributed by atoms with Crippen LogP contribution in [0.15, 0.2) is 0 Å². The zero-order valence-corrected chi connectivity index (χ0v) is 21.3. The van der Waals surface area contributed by atoms with Gasteiger partial charge in [-0.2, -0.15) is 0 Å². The first-order chi connectivity index (χ1) is 14.6. The molecule has 1 saturated heterocycles. The van der Waals surface area contributed by atoms with E-state index in [-0.39, 0.29) is 0 Å². The van der Waals surface area contributed by atoms with Gasteiger partial charge in [-0.25, -0.2) is 10.0 Å². The third kappa shape index (κ3) is 10.5. The SMILES string of the molecule is CC(C)CCCCC1CCCCCN(C2CCCCCCC2)N1CCCCC(C)C. The summed E-state index contributed by atoms with van der Waals surface area (Å²) in [6, 6.07) is 1.63. The maximum absolute atomic E-state index is 2.96. The van der Waals surface area contributed by atoms with E-state index in [1.165, 1.54) is 129 Å². The molecule has 0 amide bonds. The van der Waals surface area contributed by atoms with E-state index >= 15 is 0 Å². The van der Waals surface area contributed by atoms with E-state index in [4.69, 9.17) is 0 Å². The van der Waals surface area contributed by atoms with E-state index in [2.05, 4.69) is 37.7 Å². The molecule has 0 spiro atoms. The van der Waals surface area contributed by atoms with Crippen LogP contribution in [0, 0.1) is 11.8 Å². The van der Waals surface area contributed by atoms with Crippen molar-refractivity contribution < 1.29 is 0 Å². The molecule has 2 heteroatoms. The lowest BCUT2D eigenvalue weighted by Crippen LogP contribution is -2.55.